The zero-order valence-electron chi connectivity index (χ0n) is 10.7. The summed E-state index contributed by atoms with van der Waals surface area (Å²) in [6, 6.07) is 0.721. The smallest absolute Gasteiger partial charge is 0.0575 e. The van der Waals surface area contributed by atoms with Crippen LogP contribution < -0.4 is 5.32 Å². The Morgan fingerprint density at radius 2 is 1.76 bits per heavy atom. The Hall–Kier alpha value is 0.620. The minimum atomic E-state index is 0.582. The summed E-state index contributed by atoms with van der Waals surface area (Å²) in [5, 5.41) is 3.67. The van der Waals surface area contributed by atoms with Gasteiger partial charge >= 0.3 is 0 Å². The Balaban J connectivity index is 1.44. The summed E-state index contributed by atoms with van der Waals surface area (Å²) in [5.74, 6) is 5.23. The first-order valence-corrected chi connectivity index (χ1v) is 9.26. The Labute approximate surface area is 114 Å². The number of hydrogen-bond acceptors (Lipinski definition) is 4. The molecule has 2 aliphatic rings. The van der Waals surface area contributed by atoms with E-state index in [1.165, 1.54) is 55.1 Å². The second-order valence-corrected chi connectivity index (χ2v) is 7.23. The van der Waals surface area contributed by atoms with Crippen molar-refractivity contribution in [3.8, 4) is 0 Å². The Morgan fingerprint density at radius 1 is 1.06 bits per heavy atom. The highest BCUT2D eigenvalue weighted by Gasteiger charge is 2.15. The topological polar surface area (TPSA) is 21.3 Å². The van der Waals surface area contributed by atoms with Crippen molar-refractivity contribution in [1.29, 1.82) is 0 Å². The molecule has 2 fully saturated rings. The van der Waals surface area contributed by atoms with E-state index in [1.54, 1.807) is 0 Å². The van der Waals surface area contributed by atoms with Gasteiger partial charge in [0.25, 0.3) is 0 Å². The summed E-state index contributed by atoms with van der Waals surface area (Å²) in [6.45, 7) is 2.07. The van der Waals surface area contributed by atoms with Crippen LogP contribution in [-0.2, 0) is 4.74 Å². The maximum Gasteiger partial charge on any atom is 0.0575 e. The van der Waals surface area contributed by atoms with Crippen molar-refractivity contribution in [2.24, 2.45) is 0 Å². The van der Waals surface area contributed by atoms with E-state index in [0.29, 0.717) is 6.10 Å². The summed E-state index contributed by atoms with van der Waals surface area (Å²) in [5.41, 5.74) is 0. The Morgan fingerprint density at radius 3 is 2.47 bits per heavy atom. The van der Waals surface area contributed by atoms with Crippen LogP contribution in [0.2, 0.25) is 0 Å². The quantitative estimate of drug-likeness (QED) is 0.752. The predicted molar refractivity (Wildman–Crippen MR) is 79.3 cm³/mol. The lowest BCUT2D eigenvalue weighted by molar-refractivity contribution is 0.0567. The normalized spacial score (nSPS) is 24.0. The zero-order valence-corrected chi connectivity index (χ0v) is 12.3. The van der Waals surface area contributed by atoms with E-state index in [4.69, 9.17) is 4.74 Å². The fraction of sp³-hybridized carbons (Fsp3) is 1.00. The summed E-state index contributed by atoms with van der Waals surface area (Å²) >= 11 is 4.19. The molecule has 1 N–H and O–H groups in total. The summed E-state index contributed by atoms with van der Waals surface area (Å²) in [4.78, 5) is 0. The first-order valence-electron chi connectivity index (χ1n) is 6.95. The molecule has 0 radical (unpaired) electrons. The highest BCUT2D eigenvalue weighted by atomic mass is 32.2. The molecule has 1 saturated heterocycles. The molecule has 1 aliphatic heterocycles. The fourth-order valence-electron chi connectivity index (χ4n) is 2.42. The molecule has 1 saturated carbocycles. The van der Waals surface area contributed by atoms with Crippen molar-refractivity contribution >= 4 is 23.5 Å². The SMILES string of the molecule is C(CNC1CSCCSC1)COC1CCCC1. The van der Waals surface area contributed by atoms with E-state index in [9.17, 15) is 0 Å². The van der Waals surface area contributed by atoms with Crippen LogP contribution in [0.15, 0.2) is 0 Å². The standard InChI is InChI=1S/C13H25NOS2/c1-2-5-13(4-1)15-7-3-6-14-12-10-16-8-9-17-11-12/h12-14H,1-11H2. The minimum absolute atomic E-state index is 0.582. The molecule has 2 rings (SSSR count). The van der Waals surface area contributed by atoms with Crippen LogP contribution in [0.25, 0.3) is 0 Å². The summed E-state index contributed by atoms with van der Waals surface area (Å²) in [6.07, 6.45) is 7.09. The van der Waals surface area contributed by atoms with Gasteiger partial charge in [0.05, 0.1) is 6.10 Å². The highest BCUT2D eigenvalue weighted by molar-refractivity contribution is 8.03. The van der Waals surface area contributed by atoms with Crippen molar-refractivity contribution in [3.63, 3.8) is 0 Å². The van der Waals surface area contributed by atoms with Crippen molar-refractivity contribution < 1.29 is 4.74 Å². The molecule has 0 aromatic carbocycles. The van der Waals surface area contributed by atoms with Crippen LogP contribution in [0, 0.1) is 0 Å². The van der Waals surface area contributed by atoms with Gasteiger partial charge in [0.15, 0.2) is 0 Å². The third-order valence-electron chi connectivity index (χ3n) is 3.42. The average molecular weight is 275 g/mol. The number of thioether (sulfide) groups is 2. The molecule has 0 spiro atoms. The predicted octanol–water partition coefficient (Wildman–Crippen LogP) is 2.77. The van der Waals surface area contributed by atoms with E-state index in [2.05, 4.69) is 28.8 Å². The van der Waals surface area contributed by atoms with Gasteiger partial charge in [-0.05, 0) is 25.8 Å². The van der Waals surface area contributed by atoms with Gasteiger partial charge in [0, 0.05) is 35.7 Å². The van der Waals surface area contributed by atoms with E-state index >= 15 is 0 Å². The fourth-order valence-corrected chi connectivity index (χ4v) is 4.88. The van der Waals surface area contributed by atoms with Crippen LogP contribution in [0.5, 0.6) is 0 Å². The van der Waals surface area contributed by atoms with Gasteiger partial charge in [-0.15, -0.1) is 0 Å². The second-order valence-electron chi connectivity index (χ2n) is 4.93. The molecule has 100 valence electrons. The molecular weight excluding hydrogens is 250 g/mol. The zero-order chi connectivity index (χ0) is 11.8. The molecule has 0 bridgehead atoms. The largest absolute Gasteiger partial charge is 0.378 e. The average Bonchev–Trinajstić information content (AvgIpc) is 2.72. The Bertz CT molecular complexity index is 190. The van der Waals surface area contributed by atoms with Gasteiger partial charge in [-0.2, -0.15) is 23.5 Å². The third kappa shape index (κ3) is 5.86. The summed E-state index contributed by atoms with van der Waals surface area (Å²) < 4.78 is 5.87. The lowest BCUT2D eigenvalue weighted by Crippen LogP contribution is -2.34. The van der Waals surface area contributed by atoms with E-state index in [-0.39, 0.29) is 0 Å². The van der Waals surface area contributed by atoms with Gasteiger partial charge in [-0.1, -0.05) is 12.8 Å². The molecule has 17 heavy (non-hydrogen) atoms. The molecular formula is C13H25NOS2. The molecule has 0 amide bonds. The van der Waals surface area contributed by atoms with Crippen LogP contribution in [0.3, 0.4) is 0 Å². The van der Waals surface area contributed by atoms with E-state index in [0.717, 1.165) is 19.2 Å². The number of hydrogen-bond donors (Lipinski definition) is 1. The maximum atomic E-state index is 5.87. The van der Waals surface area contributed by atoms with Gasteiger partial charge in [0.2, 0.25) is 0 Å². The number of nitrogens with one attached hydrogen (secondary N) is 1. The van der Waals surface area contributed by atoms with Gasteiger partial charge in [-0.25, -0.2) is 0 Å². The third-order valence-corrected chi connectivity index (χ3v) is 5.94. The second kappa shape index (κ2) is 8.68. The van der Waals surface area contributed by atoms with Crippen molar-refractivity contribution in [1.82, 2.24) is 5.32 Å². The molecule has 0 unspecified atom stereocenters. The maximum absolute atomic E-state index is 5.87. The molecule has 0 aromatic rings. The van der Waals surface area contributed by atoms with E-state index < -0.39 is 0 Å². The Kier molecular flexibility index (Phi) is 7.16. The van der Waals surface area contributed by atoms with Crippen molar-refractivity contribution in [2.75, 3.05) is 36.2 Å². The first-order chi connectivity index (χ1) is 8.45. The van der Waals surface area contributed by atoms with Crippen molar-refractivity contribution in [3.05, 3.63) is 0 Å². The van der Waals surface area contributed by atoms with Gasteiger partial charge < -0.3 is 10.1 Å². The van der Waals surface area contributed by atoms with Gasteiger partial charge in [-0.3, -0.25) is 0 Å². The molecule has 1 heterocycles. The monoisotopic (exact) mass is 275 g/mol. The van der Waals surface area contributed by atoms with Gasteiger partial charge in [0.1, 0.15) is 0 Å². The van der Waals surface area contributed by atoms with Crippen LogP contribution in [-0.4, -0.2) is 48.3 Å². The number of rotatable bonds is 6. The van der Waals surface area contributed by atoms with Crippen molar-refractivity contribution in [2.45, 2.75) is 44.2 Å². The van der Waals surface area contributed by atoms with Crippen LogP contribution in [0.4, 0.5) is 0 Å². The molecule has 0 atom stereocenters. The summed E-state index contributed by atoms with van der Waals surface area (Å²) in [7, 11) is 0. The lowest BCUT2D eigenvalue weighted by atomic mass is 10.3. The molecule has 4 heteroatoms. The molecule has 1 aliphatic carbocycles. The molecule has 2 nitrogen and oxygen atoms in total. The molecule has 0 aromatic heterocycles. The first kappa shape index (κ1) is 14.0. The van der Waals surface area contributed by atoms with Crippen LogP contribution in [0.1, 0.15) is 32.1 Å². The van der Waals surface area contributed by atoms with E-state index in [1.807, 2.05) is 0 Å². The highest BCUT2D eigenvalue weighted by Crippen LogP contribution is 2.21. The lowest BCUT2D eigenvalue weighted by Gasteiger charge is -2.16. The minimum Gasteiger partial charge on any atom is -0.378 e. The number of ether oxygens (including phenoxy) is 1. The van der Waals surface area contributed by atoms with Crippen LogP contribution >= 0.6 is 23.5 Å².